The lowest BCUT2D eigenvalue weighted by Gasteiger charge is -2.10. The maximum Gasteiger partial charge on any atom is 0.220 e. The summed E-state index contributed by atoms with van der Waals surface area (Å²) in [6.07, 6.45) is 0. The SMILES string of the molecule is [2H]C([2H])([2H])c1ccc2c(c1)n1c3ccccc3nc1n2-c1ccc(-c2nc(-c3ccccc3)nc(-c3ccccc3)n2)cc1. The van der Waals surface area contributed by atoms with Crippen LogP contribution in [0, 0.1) is 6.85 Å². The second-order valence-corrected chi connectivity index (χ2v) is 9.86. The minimum atomic E-state index is -2.22. The van der Waals surface area contributed by atoms with Crippen molar-refractivity contribution in [1.82, 2.24) is 28.9 Å². The lowest BCUT2D eigenvalue weighted by atomic mass is 10.1. The number of hydrogen-bond acceptors (Lipinski definition) is 4. The first kappa shape index (κ1) is 20.3. The number of para-hydroxylation sites is 2. The number of benzene rings is 5. The van der Waals surface area contributed by atoms with Gasteiger partial charge < -0.3 is 0 Å². The average molecular weight is 532 g/mol. The highest BCUT2D eigenvalue weighted by molar-refractivity contribution is 5.92. The molecule has 0 radical (unpaired) electrons. The molecule has 3 aromatic heterocycles. The van der Waals surface area contributed by atoms with Crippen LogP contribution in [-0.4, -0.2) is 28.9 Å². The molecule has 0 amide bonds. The number of aromatic nitrogens is 6. The van der Waals surface area contributed by atoms with Crippen LogP contribution in [0.25, 0.3) is 67.7 Å². The van der Waals surface area contributed by atoms with Crippen molar-refractivity contribution >= 4 is 27.8 Å². The second kappa shape index (κ2) is 9.24. The predicted molar refractivity (Wildman–Crippen MR) is 164 cm³/mol. The van der Waals surface area contributed by atoms with Crippen LogP contribution >= 0.6 is 0 Å². The molecule has 194 valence electrons. The number of imidazole rings is 2. The van der Waals surface area contributed by atoms with Crippen LogP contribution < -0.4 is 0 Å². The number of nitrogens with zero attached hydrogens (tertiary/aromatic N) is 6. The summed E-state index contributed by atoms with van der Waals surface area (Å²) in [5.74, 6) is 2.48. The molecule has 8 aromatic rings. The molecule has 3 heterocycles. The van der Waals surface area contributed by atoms with Crippen LogP contribution in [0.3, 0.4) is 0 Å². The van der Waals surface area contributed by atoms with Crippen LogP contribution in [-0.2, 0) is 0 Å². The first-order valence-corrected chi connectivity index (χ1v) is 13.3. The third-order valence-electron chi connectivity index (χ3n) is 7.28. The van der Waals surface area contributed by atoms with E-state index >= 15 is 0 Å². The van der Waals surface area contributed by atoms with E-state index in [1.54, 1.807) is 12.1 Å². The molecular formula is C35H24N6. The van der Waals surface area contributed by atoms with Crippen molar-refractivity contribution in [3.05, 3.63) is 133 Å². The van der Waals surface area contributed by atoms with Gasteiger partial charge in [0.15, 0.2) is 17.5 Å². The molecule has 0 aliphatic rings. The van der Waals surface area contributed by atoms with Gasteiger partial charge in [0.2, 0.25) is 5.78 Å². The molecule has 0 unspecified atom stereocenters. The van der Waals surface area contributed by atoms with Gasteiger partial charge in [0.25, 0.3) is 0 Å². The summed E-state index contributed by atoms with van der Waals surface area (Å²) in [5, 5.41) is 0. The van der Waals surface area contributed by atoms with Gasteiger partial charge in [-0.1, -0.05) is 78.9 Å². The van der Waals surface area contributed by atoms with Crippen molar-refractivity contribution < 1.29 is 4.11 Å². The minimum absolute atomic E-state index is 0.287. The first-order chi connectivity index (χ1) is 21.4. The summed E-state index contributed by atoms with van der Waals surface area (Å²) in [7, 11) is 0. The summed E-state index contributed by atoms with van der Waals surface area (Å²) in [6.45, 7) is -2.22. The van der Waals surface area contributed by atoms with E-state index in [9.17, 15) is 0 Å². The van der Waals surface area contributed by atoms with Gasteiger partial charge in [0, 0.05) is 26.5 Å². The Hall–Kier alpha value is -5.62. The Labute approximate surface area is 240 Å². The molecule has 6 nitrogen and oxygen atoms in total. The van der Waals surface area contributed by atoms with Crippen LogP contribution in [0.2, 0.25) is 0 Å². The van der Waals surface area contributed by atoms with Crippen molar-refractivity contribution in [3.8, 4) is 39.9 Å². The lowest BCUT2D eigenvalue weighted by molar-refractivity contribution is 1.07. The number of hydrogen-bond donors (Lipinski definition) is 0. The van der Waals surface area contributed by atoms with Gasteiger partial charge in [0.1, 0.15) is 0 Å². The van der Waals surface area contributed by atoms with E-state index in [2.05, 4.69) is 4.57 Å². The van der Waals surface area contributed by atoms with Crippen molar-refractivity contribution in [2.75, 3.05) is 0 Å². The van der Waals surface area contributed by atoms with Gasteiger partial charge in [-0.3, -0.25) is 8.97 Å². The van der Waals surface area contributed by atoms with Crippen molar-refractivity contribution in [2.45, 2.75) is 6.85 Å². The maximum absolute atomic E-state index is 7.98. The quantitative estimate of drug-likeness (QED) is 0.231. The molecule has 0 saturated carbocycles. The molecule has 0 spiro atoms. The summed E-state index contributed by atoms with van der Waals surface area (Å²) in [4.78, 5) is 19.4. The fourth-order valence-corrected chi connectivity index (χ4v) is 5.35. The van der Waals surface area contributed by atoms with Crippen LogP contribution in [0.5, 0.6) is 0 Å². The predicted octanol–water partition coefficient (Wildman–Crippen LogP) is 7.93. The van der Waals surface area contributed by atoms with Crippen LogP contribution in [0.4, 0.5) is 0 Å². The Kier molecular flexibility index (Phi) is 4.58. The molecule has 0 atom stereocenters. The molecule has 0 saturated heterocycles. The molecule has 0 aliphatic carbocycles. The lowest BCUT2D eigenvalue weighted by Crippen LogP contribution is -2.00. The zero-order chi connectivity index (χ0) is 29.8. The standard InChI is InChI=1S/C35H24N6/c1-23-16-21-30-31(22-23)41-29-15-9-8-14-28(29)36-35(41)40(30)27-19-17-26(18-20-27)34-38-32(24-10-4-2-5-11-24)37-33(39-34)25-12-6-3-7-13-25/h2-22H,1H3/i1D3. The van der Waals surface area contributed by atoms with E-state index in [-0.39, 0.29) is 5.56 Å². The van der Waals surface area contributed by atoms with Crippen molar-refractivity contribution in [3.63, 3.8) is 0 Å². The van der Waals surface area contributed by atoms with Crippen molar-refractivity contribution in [2.24, 2.45) is 0 Å². The highest BCUT2D eigenvalue weighted by Crippen LogP contribution is 2.31. The Bertz CT molecular complexity index is 2250. The molecule has 0 aliphatic heterocycles. The molecule has 8 rings (SSSR count). The van der Waals surface area contributed by atoms with Crippen LogP contribution in [0.1, 0.15) is 9.68 Å². The molecule has 0 bridgehead atoms. The Morgan fingerprint density at radius 1 is 0.512 bits per heavy atom. The van der Waals surface area contributed by atoms with Gasteiger partial charge in [-0.2, -0.15) is 0 Å². The monoisotopic (exact) mass is 531 g/mol. The van der Waals surface area contributed by atoms with Gasteiger partial charge >= 0.3 is 0 Å². The molecule has 0 N–H and O–H groups in total. The minimum Gasteiger partial charge on any atom is -0.278 e. The van der Waals surface area contributed by atoms with Crippen molar-refractivity contribution in [1.29, 1.82) is 0 Å². The van der Waals surface area contributed by atoms with Gasteiger partial charge in [-0.15, -0.1) is 0 Å². The third kappa shape index (κ3) is 3.88. The smallest absolute Gasteiger partial charge is 0.220 e. The number of aryl methyl sites for hydroxylation is 1. The maximum atomic E-state index is 7.98. The topological polar surface area (TPSA) is 60.9 Å². The van der Waals surface area contributed by atoms with Gasteiger partial charge in [0.05, 0.1) is 22.1 Å². The molecule has 41 heavy (non-hydrogen) atoms. The largest absolute Gasteiger partial charge is 0.278 e. The Balaban J connectivity index is 1.29. The summed E-state index contributed by atoms with van der Waals surface area (Å²) < 4.78 is 28.0. The first-order valence-electron chi connectivity index (χ1n) is 14.8. The summed E-state index contributed by atoms with van der Waals surface area (Å²) >= 11 is 0. The Morgan fingerprint density at radius 2 is 1.10 bits per heavy atom. The second-order valence-electron chi connectivity index (χ2n) is 9.86. The molecule has 6 heteroatoms. The zero-order valence-corrected chi connectivity index (χ0v) is 21.8. The highest BCUT2D eigenvalue weighted by atomic mass is 15.2. The molecule has 5 aromatic carbocycles. The number of rotatable bonds is 4. The Morgan fingerprint density at radius 3 is 1.73 bits per heavy atom. The van der Waals surface area contributed by atoms with Gasteiger partial charge in [-0.25, -0.2) is 19.9 Å². The average Bonchev–Trinajstić information content (AvgIpc) is 3.59. The third-order valence-corrected chi connectivity index (χ3v) is 7.28. The van der Waals surface area contributed by atoms with E-state index in [0.717, 1.165) is 44.4 Å². The van der Waals surface area contributed by atoms with E-state index in [1.807, 2.05) is 120 Å². The number of fused-ring (bicyclic) bond motifs is 5. The summed E-state index contributed by atoms with van der Waals surface area (Å²) in [5.41, 5.74) is 7.22. The fourth-order valence-electron chi connectivity index (χ4n) is 5.35. The van der Waals surface area contributed by atoms with Crippen LogP contribution in [0.15, 0.2) is 127 Å². The normalized spacial score (nSPS) is 12.9. The van der Waals surface area contributed by atoms with E-state index in [4.69, 9.17) is 24.0 Å². The van der Waals surface area contributed by atoms with E-state index < -0.39 is 6.85 Å². The van der Waals surface area contributed by atoms with Gasteiger partial charge in [-0.05, 0) is 60.9 Å². The molecular weight excluding hydrogens is 504 g/mol. The van der Waals surface area contributed by atoms with E-state index in [0.29, 0.717) is 23.3 Å². The van der Waals surface area contributed by atoms with E-state index in [1.165, 1.54) is 0 Å². The molecule has 0 fully saturated rings. The zero-order valence-electron chi connectivity index (χ0n) is 24.8. The fraction of sp³-hybridized carbons (Fsp3) is 0.0286. The highest BCUT2D eigenvalue weighted by Gasteiger charge is 2.18. The summed E-state index contributed by atoms with van der Waals surface area (Å²) in [6, 6.07) is 41.0.